The van der Waals surface area contributed by atoms with E-state index in [1.165, 1.54) is 5.56 Å². The van der Waals surface area contributed by atoms with Gasteiger partial charge in [-0.15, -0.1) is 0 Å². The Labute approximate surface area is 234 Å². The second-order valence-corrected chi connectivity index (χ2v) is 10.3. The molecule has 2 amide bonds. The molecule has 0 saturated carbocycles. The molecule has 204 valence electrons. The summed E-state index contributed by atoms with van der Waals surface area (Å²) in [5.41, 5.74) is 9.62. The number of rotatable bonds is 5. The van der Waals surface area contributed by atoms with Crippen LogP contribution in [-0.2, 0) is 30.7 Å². The Bertz CT molecular complexity index is 1540. The van der Waals surface area contributed by atoms with Gasteiger partial charge in [0.2, 0.25) is 0 Å². The van der Waals surface area contributed by atoms with Crippen molar-refractivity contribution in [3.63, 3.8) is 0 Å². The van der Waals surface area contributed by atoms with Crippen LogP contribution >= 0.6 is 0 Å². The molecule has 2 aliphatic rings. The Morgan fingerprint density at radius 3 is 2.42 bits per heavy atom. The van der Waals surface area contributed by atoms with E-state index >= 15 is 0 Å². The van der Waals surface area contributed by atoms with E-state index in [0.717, 1.165) is 62.8 Å². The lowest BCUT2D eigenvalue weighted by molar-refractivity contribution is 0.0264. The van der Waals surface area contributed by atoms with Crippen molar-refractivity contribution in [2.24, 2.45) is 0 Å². The number of aryl methyl sites for hydroxylation is 1. The molecule has 0 bridgehead atoms. The smallest absolute Gasteiger partial charge is 0.322 e. The van der Waals surface area contributed by atoms with Gasteiger partial charge in [0.1, 0.15) is 11.5 Å². The zero-order valence-corrected chi connectivity index (χ0v) is 23.1. The number of ether oxygens (including phenoxy) is 3. The number of methoxy groups -OCH3 is 2. The fourth-order valence-electron chi connectivity index (χ4n) is 5.68. The number of carbonyl (C=O) groups excluding carboxylic acids is 1. The number of carbonyl (C=O) groups is 1. The van der Waals surface area contributed by atoms with Crippen LogP contribution in [-0.4, -0.2) is 36.7 Å². The SMILES string of the molecule is COc1ccc(NC(=O)N2CCc3nc(-c4ccc(OC)cc4C)c4c(c3C2)CO[C@@H](c2ccccc2)C4)cc1. The molecule has 7 nitrogen and oxygen atoms in total. The molecule has 1 N–H and O–H groups in total. The van der Waals surface area contributed by atoms with Gasteiger partial charge in [-0.1, -0.05) is 30.3 Å². The lowest BCUT2D eigenvalue weighted by Crippen LogP contribution is -2.40. The minimum absolute atomic E-state index is 0.0519. The van der Waals surface area contributed by atoms with Gasteiger partial charge in [0.25, 0.3) is 0 Å². The molecule has 7 heteroatoms. The number of nitrogens with one attached hydrogen (secondary N) is 1. The molecule has 3 heterocycles. The normalized spacial score (nSPS) is 16.1. The predicted octanol–water partition coefficient (Wildman–Crippen LogP) is 6.48. The summed E-state index contributed by atoms with van der Waals surface area (Å²) in [6.45, 7) is 3.67. The number of pyridine rings is 1. The summed E-state index contributed by atoms with van der Waals surface area (Å²) in [6.07, 6.45) is 1.35. The van der Waals surface area contributed by atoms with Crippen LogP contribution < -0.4 is 14.8 Å². The Morgan fingerprint density at radius 2 is 1.70 bits per heavy atom. The zero-order chi connectivity index (χ0) is 27.6. The van der Waals surface area contributed by atoms with Crippen LogP contribution in [0.4, 0.5) is 10.5 Å². The van der Waals surface area contributed by atoms with Crippen LogP contribution in [0.1, 0.15) is 39.6 Å². The Morgan fingerprint density at radius 1 is 0.950 bits per heavy atom. The van der Waals surface area contributed by atoms with Gasteiger partial charge in [-0.2, -0.15) is 0 Å². The average Bonchev–Trinajstić information content (AvgIpc) is 3.01. The number of benzene rings is 3. The van der Waals surface area contributed by atoms with E-state index in [0.29, 0.717) is 26.1 Å². The van der Waals surface area contributed by atoms with Gasteiger partial charge >= 0.3 is 6.03 Å². The van der Waals surface area contributed by atoms with Crippen molar-refractivity contribution >= 4 is 11.7 Å². The van der Waals surface area contributed by atoms with Crippen molar-refractivity contribution in [3.05, 3.63) is 106 Å². The van der Waals surface area contributed by atoms with Crippen LogP contribution in [0.2, 0.25) is 0 Å². The number of amides is 2. The van der Waals surface area contributed by atoms with Crippen molar-refractivity contribution in [2.75, 3.05) is 26.1 Å². The van der Waals surface area contributed by atoms with Crippen molar-refractivity contribution < 1.29 is 19.0 Å². The standard InChI is InChI=1S/C33H33N3O4/c1-21-17-25(39-3)13-14-26(21)32-27-18-31(22-7-5-4-6-8-22)40-20-29(27)28-19-36(16-15-30(28)35-32)33(37)34-23-9-11-24(38-2)12-10-23/h4-14,17,31H,15-16,18-20H2,1-3H3,(H,34,37)/t31-/m1/s1. The Kier molecular flexibility index (Phi) is 7.13. The Balaban J connectivity index is 1.35. The van der Waals surface area contributed by atoms with Crippen molar-refractivity contribution in [1.82, 2.24) is 9.88 Å². The molecule has 6 rings (SSSR count). The number of urea groups is 1. The second kappa shape index (κ2) is 11.0. The molecule has 0 fully saturated rings. The summed E-state index contributed by atoms with van der Waals surface area (Å²) in [5.74, 6) is 1.58. The lowest BCUT2D eigenvalue weighted by Gasteiger charge is -2.35. The summed E-state index contributed by atoms with van der Waals surface area (Å²) in [4.78, 5) is 20.4. The maximum absolute atomic E-state index is 13.3. The van der Waals surface area contributed by atoms with Gasteiger partial charge in [-0.25, -0.2) is 4.79 Å². The van der Waals surface area contributed by atoms with Crippen LogP contribution in [0.25, 0.3) is 11.3 Å². The van der Waals surface area contributed by atoms with Gasteiger partial charge < -0.3 is 24.4 Å². The van der Waals surface area contributed by atoms with Crippen LogP contribution in [0, 0.1) is 6.92 Å². The molecule has 1 atom stereocenters. The molecule has 0 spiro atoms. The molecule has 0 aliphatic carbocycles. The van der Waals surface area contributed by atoms with E-state index in [9.17, 15) is 4.79 Å². The van der Waals surface area contributed by atoms with Gasteiger partial charge in [0, 0.05) is 42.9 Å². The summed E-state index contributed by atoms with van der Waals surface area (Å²) in [5, 5.41) is 3.03. The predicted molar refractivity (Wildman–Crippen MR) is 155 cm³/mol. The van der Waals surface area contributed by atoms with Crippen molar-refractivity contribution in [1.29, 1.82) is 0 Å². The lowest BCUT2D eigenvalue weighted by atomic mass is 9.86. The molecule has 0 unspecified atom stereocenters. The first-order valence-corrected chi connectivity index (χ1v) is 13.6. The van der Waals surface area contributed by atoms with Crippen molar-refractivity contribution in [3.8, 4) is 22.8 Å². The van der Waals surface area contributed by atoms with E-state index in [4.69, 9.17) is 19.2 Å². The third-order valence-electron chi connectivity index (χ3n) is 7.88. The highest BCUT2D eigenvalue weighted by Crippen LogP contribution is 2.40. The molecule has 40 heavy (non-hydrogen) atoms. The topological polar surface area (TPSA) is 72.9 Å². The number of anilines is 1. The maximum Gasteiger partial charge on any atom is 0.322 e. The molecular formula is C33H33N3O4. The molecule has 0 saturated heterocycles. The van der Waals surface area contributed by atoms with E-state index in [-0.39, 0.29) is 12.1 Å². The summed E-state index contributed by atoms with van der Waals surface area (Å²) < 4.78 is 17.1. The quantitative estimate of drug-likeness (QED) is 0.317. The number of hydrogen-bond donors (Lipinski definition) is 1. The minimum Gasteiger partial charge on any atom is -0.497 e. The van der Waals surface area contributed by atoms with E-state index in [1.54, 1.807) is 14.2 Å². The first kappa shape index (κ1) is 25.9. The largest absolute Gasteiger partial charge is 0.497 e. The summed E-state index contributed by atoms with van der Waals surface area (Å²) >= 11 is 0. The molecule has 2 aliphatic heterocycles. The Hall–Kier alpha value is -4.36. The first-order chi connectivity index (χ1) is 19.5. The van der Waals surface area contributed by atoms with Gasteiger partial charge in [0.05, 0.1) is 32.6 Å². The fraction of sp³-hybridized carbons (Fsp3) is 0.273. The number of fused-ring (bicyclic) bond motifs is 3. The molecule has 0 radical (unpaired) electrons. The van der Waals surface area contributed by atoms with Crippen LogP contribution in [0.3, 0.4) is 0 Å². The molecule has 4 aromatic rings. The maximum atomic E-state index is 13.3. The van der Waals surface area contributed by atoms with E-state index < -0.39 is 0 Å². The third-order valence-corrected chi connectivity index (χ3v) is 7.88. The fourth-order valence-corrected chi connectivity index (χ4v) is 5.68. The van der Waals surface area contributed by atoms with Crippen LogP contribution in [0.5, 0.6) is 11.5 Å². The van der Waals surface area contributed by atoms with Gasteiger partial charge in [0.15, 0.2) is 0 Å². The number of aromatic nitrogens is 1. The van der Waals surface area contributed by atoms with Gasteiger partial charge in [-0.05, 0) is 77.2 Å². The second-order valence-electron chi connectivity index (χ2n) is 10.3. The first-order valence-electron chi connectivity index (χ1n) is 13.6. The highest BCUT2D eigenvalue weighted by molar-refractivity contribution is 5.89. The monoisotopic (exact) mass is 535 g/mol. The molecule has 1 aromatic heterocycles. The summed E-state index contributed by atoms with van der Waals surface area (Å²) in [7, 11) is 3.31. The number of nitrogens with zero attached hydrogens (tertiary/aromatic N) is 2. The third kappa shape index (κ3) is 5.00. The van der Waals surface area contributed by atoms with Gasteiger partial charge in [-0.3, -0.25) is 4.98 Å². The highest BCUT2D eigenvalue weighted by atomic mass is 16.5. The van der Waals surface area contributed by atoms with Crippen molar-refractivity contribution in [2.45, 2.75) is 39.0 Å². The summed E-state index contributed by atoms with van der Waals surface area (Å²) in [6, 6.07) is 23.8. The minimum atomic E-state index is -0.126. The van der Waals surface area contributed by atoms with E-state index in [1.807, 2.05) is 53.4 Å². The average molecular weight is 536 g/mol. The van der Waals surface area contributed by atoms with E-state index in [2.05, 4.69) is 36.5 Å². The molecular weight excluding hydrogens is 502 g/mol. The van der Waals surface area contributed by atoms with Crippen LogP contribution in [0.15, 0.2) is 72.8 Å². The highest BCUT2D eigenvalue weighted by Gasteiger charge is 2.32. The zero-order valence-electron chi connectivity index (χ0n) is 23.1. The molecule has 3 aromatic carbocycles. The number of hydrogen-bond acceptors (Lipinski definition) is 5.